The molecular weight excluding hydrogens is 518 g/mol. The highest BCUT2D eigenvalue weighted by molar-refractivity contribution is 5.92. The number of nitrogens with one attached hydrogen (secondary N) is 3. The van der Waals surface area contributed by atoms with Crippen LogP contribution in [0.1, 0.15) is 17.4 Å². The van der Waals surface area contributed by atoms with Crippen LogP contribution in [0, 0.1) is 0 Å². The van der Waals surface area contributed by atoms with Crippen molar-refractivity contribution in [1.82, 2.24) is 24.8 Å². The molecule has 2 aromatic heterocycles. The molecule has 1 aliphatic heterocycles. The van der Waals surface area contributed by atoms with Gasteiger partial charge in [-0.3, -0.25) is 14.2 Å². The third-order valence-corrected chi connectivity index (χ3v) is 6.61. The molecule has 1 saturated heterocycles. The molecule has 13 nitrogen and oxygen atoms in total. The van der Waals surface area contributed by atoms with Gasteiger partial charge in [-0.1, -0.05) is 24.3 Å². The highest BCUT2D eigenvalue weighted by atomic mass is 16.6. The van der Waals surface area contributed by atoms with E-state index in [2.05, 4.69) is 30.9 Å². The Morgan fingerprint density at radius 2 is 1.55 bits per heavy atom. The first kappa shape index (κ1) is 27.1. The van der Waals surface area contributed by atoms with Crippen LogP contribution >= 0.6 is 0 Å². The largest absolute Gasteiger partial charge is 0.394 e. The Kier molecular flexibility index (Phi) is 7.98. The first-order valence-electron chi connectivity index (χ1n) is 12.6. The summed E-state index contributed by atoms with van der Waals surface area (Å²) in [5, 5.41) is 38.5. The molecule has 2 aromatic carbocycles. The second kappa shape index (κ2) is 11.8. The molecule has 13 heteroatoms. The van der Waals surface area contributed by atoms with Crippen LogP contribution in [-0.2, 0) is 27.2 Å². The van der Waals surface area contributed by atoms with Crippen molar-refractivity contribution in [3.05, 3.63) is 72.3 Å². The van der Waals surface area contributed by atoms with Crippen LogP contribution < -0.4 is 16.0 Å². The average Bonchev–Trinajstić information content (AvgIpc) is 3.51. The third-order valence-electron chi connectivity index (χ3n) is 6.61. The van der Waals surface area contributed by atoms with E-state index in [9.17, 15) is 24.9 Å². The van der Waals surface area contributed by atoms with Gasteiger partial charge in [0.05, 0.1) is 25.8 Å². The molecular formula is C27H29N7O6. The van der Waals surface area contributed by atoms with Gasteiger partial charge in [-0.2, -0.15) is 0 Å². The van der Waals surface area contributed by atoms with Gasteiger partial charge in [0.2, 0.25) is 11.8 Å². The number of hydrogen-bond acceptors (Lipinski definition) is 10. The molecule has 0 saturated carbocycles. The van der Waals surface area contributed by atoms with Gasteiger partial charge < -0.3 is 36.0 Å². The van der Waals surface area contributed by atoms with Gasteiger partial charge in [0.1, 0.15) is 24.6 Å². The van der Waals surface area contributed by atoms with E-state index in [0.717, 1.165) is 11.1 Å². The molecule has 5 rings (SSSR count). The van der Waals surface area contributed by atoms with Crippen LogP contribution in [0.25, 0.3) is 11.2 Å². The predicted molar refractivity (Wildman–Crippen MR) is 145 cm³/mol. The second-order valence-corrected chi connectivity index (χ2v) is 9.37. The van der Waals surface area contributed by atoms with Crippen molar-refractivity contribution in [3.8, 4) is 0 Å². The van der Waals surface area contributed by atoms with Gasteiger partial charge in [-0.05, 0) is 35.4 Å². The quantitative estimate of drug-likeness (QED) is 0.174. The highest BCUT2D eigenvalue weighted by Crippen LogP contribution is 2.32. The monoisotopic (exact) mass is 547 g/mol. The summed E-state index contributed by atoms with van der Waals surface area (Å²) in [6.07, 6.45) is -1.17. The summed E-state index contributed by atoms with van der Waals surface area (Å²) in [5.41, 5.74) is 3.81. The topological polar surface area (TPSA) is 184 Å². The molecule has 4 atom stereocenters. The van der Waals surface area contributed by atoms with Gasteiger partial charge in [0, 0.05) is 18.4 Å². The highest BCUT2D eigenvalue weighted by Gasteiger charge is 2.44. The van der Waals surface area contributed by atoms with Crippen molar-refractivity contribution in [2.45, 2.75) is 37.4 Å². The van der Waals surface area contributed by atoms with Gasteiger partial charge in [0.15, 0.2) is 23.2 Å². The van der Waals surface area contributed by atoms with Crippen molar-refractivity contribution in [2.24, 2.45) is 0 Å². The van der Waals surface area contributed by atoms with Crippen molar-refractivity contribution in [2.75, 3.05) is 24.3 Å². The summed E-state index contributed by atoms with van der Waals surface area (Å²) in [6, 6.07) is 14.4. The van der Waals surface area contributed by atoms with Crippen molar-refractivity contribution in [3.63, 3.8) is 0 Å². The molecule has 3 heterocycles. The molecule has 40 heavy (non-hydrogen) atoms. The van der Waals surface area contributed by atoms with Gasteiger partial charge in [-0.15, -0.1) is 0 Å². The van der Waals surface area contributed by atoms with E-state index >= 15 is 0 Å². The lowest BCUT2D eigenvalue weighted by molar-refractivity contribution is -0.120. The Hall–Kier alpha value is -4.43. The maximum Gasteiger partial charge on any atom is 0.228 e. The van der Waals surface area contributed by atoms with E-state index < -0.39 is 31.1 Å². The second-order valence-electron chi connectivity index (χ2n) is 9.37. The molecule has 0 spiro atoms. The molecule has 1 aliphatic rings. The molecule has 6 N–H and O–H groups in total. The fourth-order valence-corrected chi connectivity index (χ4v) is 4.45. The summed E-state index contributed by atoms with van der Waals surface area (Å²) in [5.74, 6) is 0.165. The van der Waals surface area contributed by atoms with Crippen molar-refractivity contribution < 1.29 is 29.6 Å². The number of amides is 2. The average molecular weight is 548 g/mol. The normalized spacial score (nSPS) is 20.4. The van der Waals surface area contributed by atoms with Gasteiger partial charge >= 0.3 is 0 Å². The number of aliphatic hydroxyl groups excluding tert-OH is 3. The van der Waals surface area contributed by atoms with E-state index in [1.54, 1.807) is 31.3 Å². The lowest BCUT2D eigenvalue weighted by Gasteiger charge is -2.16. The molecule has 1 fully saturated rings. The smallest absolute Gasteiger partial charge is 0.228 e. The summed E-state index contributed by atoms with van der Waals surface area (Å²) in [6.45, 7) is -0.436. The lowest BCUT2D eigenvalue weighted by Crippen LogP contribution is -2.33. The van der Waals surface area contributed by atoms with E-state index in [-0.39, 0.29) is 24.7 Å². The van der Waals surface area contributed by atoms with E-state index in [1.807, 2.05) is 24.3 Å². The number of imidazole rings is 1. The number of anilines is 3. The molecule has 4 aromatic rings. The minimum absolute atomic E-state index is 0.0790. The Morgan fingerprint density at radius 3 is 2.17 bits per heavy atom. The third kappa shape index (κ3) is 5.77. The summed E-state index contributed by atoms with van der Waals surface area (Å²) < 4.78 is 7.09. The number of hydrogen-bond donors (Lipinski definition) is 6. The predicted octanol–water partition coefficient (Wildman–Crippen LogP) is 0.651. The molecule has 208 valence electrons. The maximum atomic E-state index is 12.5. The zero-order chi connectivity index (χ0) is 28.2. The van der Waals surface area contributed by atoms with Gasteiger partial charge in [-0.25, -0.2) is 15.0 Å². The van der Waals surface area contributed by atoms with Crippen LogP contribution in [0.4, 0.5) is 17.2 Å². The van der Waals surface area contributed by atoms with Crippen LogP contribution in [-0.4, -0.2) is 78.6 Å². The Morgan fingerprint density at radius 1 is 0.900 bits per heavy atom. The Labute approximate surface area is 228 Å². The maximum absolute atomic E-state index is 12.5. The zero-order valence-electron chi connectivity index (χ0n) is 21.6. The number of rotatable bonds is 9. The first-order chi connectivity index (χ1) is 19.4. The van der Waals surface area contributed by atoms with Crippen LogP contribution in [0.2, 0.25) is 0 Å². The molecule has 1 unspecified atom stereocenters. The molecule has 0 bridgehead atoms. The summed E-state index contributed by atoms with van der Waals surface area (Å²) >= 11 is 0. The fourth-order valence-electron chi connectivity index (χ4n) is 4.45. The number of fused-ring (bicyclic) bond motifs is 1. The molecule has 0 radical (unpaired) electrons. The number of carbonyl (C=O) groups is 2. The van der Waals surface area contributed by atoms with E-state index in [4.69, 9.17) is 4.74 Å². The number of aromatic nitrogens is 4. The molecule has 0 aliphatic carbocycles. The SMILES string of the molecule is CNC(=O)Cc1ccc(NC(=O)Cc2ccc(Nc3ncnc4c3ncn4C3O[C@H](CO)[C@@H](O)[C@H]3O)cc2)cc1. The van der Waals surface area contributed by atoms with Crippen LogP contribution in [0.3, 0.4) is 0 Å². The van der Waals surface area contributed by atoms with Crippen molar-refractivity contribution >= 4 is 40.2 Å². The number of aliphatic hydroxyl groups is 3. The van der Waals surface area contributed by atoms with Crippen LogP contribution in [0.15, 0.2) is 61.2 Å². The van der Waals surface area contributed by atoms with Gasteiger partial charge in [0.25, 0.3) is 0 Å². The van der Waals surface area contributed by atoms with Crippen molar-refractivity contribution in [1.29, 1.82) is 0 Å². The van der Waals surface area contributed by atoms with E-state index in [0.29, 0.717) is 28.4 Å². The summed E-state index contributed by atoms with van der Waals surface area (Å²) in [7, 11) is 1.59. The summed E-state index contributed by atoms with van der Waals surface area (Å²) in [4.78, 5) is 36.9. The Bertz CT molecular complexity index is 1490. The minimum atomic E-state index is -1.26. The standard InChI is InChI=1S/C27H29N7O6/c1-28-20(36)10-15-2-6-17(7-3-15)32-21(37)11-16-4-8-18(9-5-16)33-25-22-26(30-13-29-25)34(14-31-22)27-24(39)23(38)19(12-35)40-27/h2-9,13-14,19,23-24,27,35,38-39H,10-12H2,1H3,(H,28,36)(H,32,37)(H,29,30,33)/t19-,23-,24-,27?/m1/s1. The minimum Gasteiger partial charge on any atom is -0.394 e. The number of carbonyl (C=O) groups excluding carboxylic acids is 2. The Balaban J connectivity index is 1.22. The number of ether oxygens (including phenoxy) is 1. The lowest BCUT2D eigenvalue weighted by atomic mass is 10.1. The van der Waals surface area contributed by atoms with Crippen LogP contribution in [0.5, 0.6) is 0 Å². The number of benzene rings is 2. The first-order valence-corrected chi connectivity index (χ1v) is 12.6. The van der Waals surface area contributed by atoms with E-state index in [1.165, 1.54) is 17.2 Å². The molecule has 2 amide bonds. The fraction of sp³-hybridized carbons (Fsp3) is 0.296. The zero-order valence-corrected chi connectivity index (χ0v) is 21.6. The number of likely N-dealkylation sites (N-methyl/N-ethyl adjacent to an activating group) is 1. The number of nitrogens with zero attached hydrogens (tertiary/aromatic N) is 4.